The van der Waals surface area contributed by atoms with Gasteiger partial charge in [-0.25, -0.2) is 0 Å². The third-order valence-corrected chi connectivity index (χ3v) is 3.13. The van der Waals surface area contributed by atoms with Crippen molar-refractivity contribution < 1.29 is 4.79 Å². The van der Waals surface area contributed by atoms with Crippen LogP contribution in [0.3, 0.4) is 0 Å². The van der Waals surface area contributed by atoms with E-state index in [1.54, 1.807) is 30.6 Å². The van der Waals surface area contributed by atoms with Crippen molar-refractivity contribution in [1.29, 1.82) is 0 Å². The number of nitrogens with zero attached hydrogens (tertiary/aromatic N) is 2. The molecule has 0 unspecified atom stereocenters. The van der Waals surface area contributed by atoms with E-state index in [1.165, 1.54) is 0 Å². The summed E-state index contributed by atoms with van der Waals surface area (Å²) in [5, 5.41) is 0. The van der Waals surface area contributed by atoms with Gasteiger partial charge in [-0.05, 0) is 42.8 Å². The molecule has 5 heteroatoms. The number of amides is 1. The molecule has 5 nitrogen and oxygen atoms in total. The van der Waals surface area contributed by atoms with Gasteiger partial charge in [0.25, 0.3) is 5.91 Å². The topological polar surface area (TPSA) is 85.2 Å². The molecule has 2 rings (SSSR count). The molecule has 0 aliphatic carbocycles. The number of nitrogen functional groups attached to an aromatic ring is 1. The normalized spacial score (nSPS) is 10.2. The summed E-state index contributed by atoms with van der Waals surface area (Å²) in [5.41, 5.74) is 14.2. The zero-order chi connectivity index (χ0) is 14.5. The van der Waals surface area contributed by atoms with Crippen LogP contribution in [-0.2, 0) is 6.54 Å². The number of rotatable bonds is 5. The van der Waals surface area contributed by atoms with Crippen molar-refractivity contribution in [3.8, 4) is 0 Å². The number of carbonyl (C=O) groups excluding carboxylic acids is 1. The van der Waals surface area contributed by atoms with Gasteiger partial charge in [0.05, 0.1) is 11.3 Å². The van der Waals surface area contributed by atoms with Crippen LogP contribution in [0.4, 0.5) is 11.4 Å². The predicted molar refractivity (Wildman–Crippen MR) is 80.3 cm³/mol. The zero-order valence-electron chi connectivity index (χ0n) is 11.4. The fourth-order valence-corrected chi connectivity index (χ4v) is 2.09. The summed E-state index contributed by atoms with van der Waals surface area (Å²) in [6.45, 7) is 3.43. The Balaban J connectivity index is 2.36. The maximum atomic E-state index is 11.6. The number of aromatic nitrogens is 1. The fraction of sp³-hybridized carbons (Fsp3) is 0.200. The molecule has 0 fully saturated rings. The number of carbonyl (C=O) groups is 1. The van der Waals surface area contributed by atoms with Crippen LogP contribution in [0, 0.1) is 0 Å². The van der Waals surface area contributed by atoms with Crippen molar-refractivity contribution >= 4 is 17.3 Å². The lowest BCUT2D eigenvalue weighted by atomic mass is 10.1. The largest absolute Gasteiger partial charge is 0.399 e. The second-order valence-electron chi connectivity index (χ2n) is 4.51. The van der Waals surface area contributed by atoms with Gasteiger partial charge in [-0.2, -0.15) is 0 Å². The van der Waals surface area contributed by atoms with Crippen LogP contribution in [0.5, 0.6) is 0 Å². The van der Waals surface area contributed by atoms with E-state index in [2.05, 4.69) is 9.88 Å². The van der Waals surface area contributed by atoms with Gasteiger partial charge in [-0.3, -0.25) is 9.78 Å². The van der Waals surface area contributed by atoms with E-state index in [9.17, 15) is 4.79 Å². The van der Waals surface area contributed by atoms with Gasteiger partial charge in [0, 0.05) is 31.2 Å². The van der Waals surface area contributed by atoms with Crippen LogP contribution in [-0.4, -0.2) is 17.4 Å². The predicted octanol–water partition coefficient (Wildman–Crippen LogP) is 1.79. The highest BCUT2D eigenvalue weighted by Gasteiger charge is 2.14. The van der Waals surface area contributed by atoms with E-state index in [4.69, 9.17) is 11.5 Å². The first-order valence-corrected chi connectivity index (χ1v) is 6.45. The molecule has 0 aliphatic rings. The first kappa shape index (κ1) is 13.9. The maximum Gasteiger partial charge on any atom is 0.250 e. The Bertz CT molecular complexity index is 598. The molecule has 4 N–H and O–H groups in total. The van der Waals surface area contributed by atoms with Gasteiger partial charge in [0.2, 0.25) is 0 Å². The molecule has 0 bridgehead atoms. The number of hydrogen-bond donors (Lipinski definition) is 2. The number of pyridine rings is 1. The number of anilines is 2. The van der Waals surface area contributed by atoms with Gasteiger partial charge < -0.3 is 16.4 Å². The lowest BCUT2D eigenvalue weighted by Gasteiger charge is -2.25. The van der Waals surface area contributed by atoms with E-state index in [0.717, 1.165) is 17.8 Å². The molecule has 0 saturated carbocycles. The molecule has 0 saturated heterocycles. The Labute approximate surface area is 118 Å². The molecule has 1 amide bonds. The van der Waals surface area contributed by atoms with Crippen molar-refractivity contribution in [3.05, 3.63) is 53.9 Å². The summed E-state index contributed by atoms with van der Waals surface area (Å²) in [5.74, 6) is -0.451. The van der Waals surface area contributed by atoms with Crippen molar-refractivity contribution in [2.75, 3.05) is 17.2 Å². The molecule has 104 valence electrons. The maximum absolute atomic E-state index is 11.6. The van der Waals surface area contributed by atoms with Gasteiger partial charge >= 0.3 is 0 Å². The number of hydrogen-bond acceptors (Lipinski definition) is 4. The minimum absolute atomic E-state index is 0.451. The molecule has 1 heterocycles. The highest BCUT2D eigenvalue weighted by atomic mass is 16.1. The molecule has 2 aromatic rings. The van der Waals surface area contributed by atoms with Crippen LogP contribution in [0.1, 0.15) is 22.8 Å². The van der Waals surface area contributed by atoms with E-state index in [-0.39, 0.29) is 0 Å². The third-order valence-electron chi connectivity index (χ3n) is 3.13. The molecule has 1 aromatic carbocycles. The highest BCUT2D eigenvalue weighted by molar-refractivity contribution is 5.99. The van der Waals surface area contributed by atoms with Crippen molar-refractivity contribution in [1.82, 2.24) is 4.98 Å². The Hall–Kier alpha value is -2.56. The molecule has 20 heavy (non-hydrogen) atoms. The Morgan fingerprint density at radius 3 is 2.55 bits per heavy atom. The Morgan fingerprint density at radius 2 is 1.95 bits per heavy atom. The highest BCUT2D eigenvalue weighted by Crippen LogP contribution is 2.24. The van der Waals surface area contributed by atoms with E-state index >= 15 is 0 Å². The molecular weight excluding hydrogens is 252 g/mol. The molecule has 0 radical (unpaired) electrons. The summed E-state index contributed by atoms with van der Waals surface area (Å²) in [6.07, 6.45) is 3.50. The molecule has 1 aromatic heterocycles. The summed E-state index contributed by atoms with van der Waals surface area (Å²) in [7, 11) is 0. The monoisotopic (exact) mass is 270 g/mol. The third kappa shape index (κ3) is 3.06. The quantitative estimate of drug-likeness (QED) is 0.811. The van der Waals surface area contributed by atoms with Crippen LogP contribution in [0.2, 0.25) is 0 Å². The molecule has 0 spiro atoms. The fourth-order valence-electron chi connectivity index (χ4n) is 2.09. The average Bonchev–Trinajstić information content (AvgIpc) is 2.45. The van der Waals surface area contributed by atoms with E-state index in [1.807, 2.05) is 19.1 Å². The van der Waals surface area contributed by atoms with Crippen LogP contribution in [0.15, 0.2) is 42.7 Å². The van der Waals surface area contributed by atoms with Crippen LogP contribution < -0.4 is 16.4 Å². The molecule has 0 aliphatic heterocycles. The van der Waals surface area contributed by atoms with E-state index < -0.39 is 5.91 Å². The number of primary amides is 1. The van der Waals surface area contributed by atoms with Gasteiger partial charge in [0.15, 0.2) is 0 Å². The van der Waals surface area contributed by atoms with Gasteiger partial charge in [0.1, 0.15) is 0 Å². The lowest BCUT2D eigenvalue weighted by molar-refractivity contribution is 0.100. The van der Waals surface area contributed by atoms with Crippen LogP contribution >= 0.6 is 0 Å². The minimum Gasteiger partial charge on any atom is -0.399 e. The van der Waals surface area contributed by atoms with Crippen molar-refractivity contribution in [2.45, 2.75) is 13.5 Å². The average molecular weight is 270 g/mol. The lowest BCUT2D eigenvalue weighted by Crippen LogP contribution is -2.26. The second-order valence-corrected chi connectivity index (χ2v) is 4.51. The van der Waals surface area contributed by atoms with Crippen molar-refractivity contribution in [2.24, 2.45) is 5.73 Å². The molecular formula is C15H18N4O. The summed E-state index contributed by atoms with van der Waals surface area (Å²) in [6, 6.07) is 9.02. The first-order valence-electron chi connectivity index (χ1n) is 6.45. The zero-order valence-corrected chi connectivity index (χ0v) is 11.4. The molecule has 0 atom stereocenters. The van der Waals surface area contributed by atoms with Gasteiger partial charge in [-0.1, -0.05) is 0 Å². The summed E-state index contributed by atoms with van der Waals surface area (Å²) in [4.78, 5) is 17.6. The SMILES string of the molecule is CCN(Cc1ccncc1)c1cc(N)ccc1C(N)=O. The number of nitrogens with two attached hydrogens (primary N) is 2. The van der Waals surface area contributed by atoms with E-state index in [0.29, 0.717) is 17.8 Å². The van der Waals surface area contributed by atoms with Gasteiger partial charge in [-0.15, -0.1) is 0 Å². The summed E-state index contributed by atoms with van der Waals surface area (Å²) >= 11 is 0. The minimum atomic E-state index is -0.451. The smallest absolute Gasteiger partial charge is 0.250 e. The Morgan fingerprint density at radius 1 is 1.25 bits per heavy atom. The van der Waals surface area contributed by atoms with Crippen molar-refractivity contribution in [3.63, 3.8) is 0 Å². The Kier molecular flexibility index (Phi) is 4.20. The standard InChI is InChI=1S/C15H18N4O/c1-2-19(10-11-5-7-18-8-6-11)14-9-12(16)3-4-13(14)15(17)20/h3-9H,2,10,16H2,1H3,(H2,17,20). The second kappa shape index (κ2) is 6.06. The van der Waals surface area contributed by atoms with Crippen LogP contribution in [0.25, 0.3) is 0 Å². The summed E-state index contributed by atoms with van der Waals surface area (Å²) < 4.78 is 0. The first-order chi connectivity index (χ1) is 9.61. The number of benzene rings is 1.